The normalized spacial score (nSPS) is 13.2. The second-order valence-corrected chi connectivity index (χ2v) is 9.67. The predicted molar refractivity (Wildman–Crippen MR) is 143 cm³/mol. The third kappa shape index (κ3) is 4.84. The first-order valence-corrected chi connectivity index (χ1v) is 13.0. The summed E-state index contributed by atoms with van der Waals surface area (Å²) in [5, 5.41) is 28.3. The standard InChI is InChI=1S/C30H6F6N12/c31-10-1-16(34)22-19(4-10)40-25(43-22)13(7-37)28-46-29(14(8-38)26-41-20-5-11(32)2-17(35)23(20)44-26)48-30(47-28)15(9-39)27-42-21-6-12(33)3-18(36)24(21)45-27/h1-6H. The molecule has 0 atom stereocenters. The molecule has 48 heavy (non-hydrogen) atoms. The van der Waals surface area contributed by atoms with Crippen LogP contribution in [0.25, 0.3) is 16.7 Å². The molecule has 0 amide bonds. The van der Waals surface area contributed by atoms with Crippen molar-refractivity contribution in [3.05, 3.63) is 138 Å². The Morgan fingerprint density at radius 3 is 0.938 bits per heavy atom. The Kier molecular flexibility index (Phi) is 6.73. The van der Waals surface area contributed by atoms with E-state index in [2.05, 4.69) is 44.9 Å². The van der Waals surface area contributed by atoms with Crippen LogP contribution in [0.3, 0.4) is 0 Å². The molecule has 228 valence electrons. The molecule has 0 saturated carbocycles. The number of hydrogen-bond acceptors (Lipinski definition) is 12. The van der Waals surface area contributed by atoms with E-state index in [1.54, 1.807) is 18.2 Å². The van der Waals surface area contributed by atoms with Crippen LogP contribution < -0.4 is 32.1 Å². The van der Waals surface area contributed by atoms with E-state index < -0.39 is 103 Å². The van der Waals surface area contributed by atoms with E-state index in [1.165, 1.54) is 0 Å². The number of allylic oxidation sites excluding steroid dienone is 3. The van der Waals surface area contributed by atoms with E-state index in [9.17, 15) is 42.1 Å². The van der Waals surface area contributed by atoms with Gasteiger partial charge in [-0.15, -0.1) is 0 Å². The molecule has 1 aromatic heterocycles. The van der Waals surface area contributed by atoms with Crippen molar-refractivity contribution in [3.8, 4) is 18.2 Å². The Morgan fingerprint density at radius 2 is 0.688 bits per heavy atom. The van der Waals surface area contributed by atoms with Gasteiger partial charge in [-0.2, -0.15) is 15.8 Å². The summed E-state index contributed by atoms with van der Waals surface area (Å²) >= 11 is 0. The van der Waals surface area contributed by atoms with Gasteiger partial charge in [0.2, 0.25) is 0 Å². The van der Waals surface area contributed by atoms with Crippen molar-refractivity contribution in [2.24, 2.45) is 30.0 Å². The fraction of sp³-hybridized carbons (Fsp3) is 0. The summed E-state index contributed by atoms with van der Waals surface area (Å²) in [6.07, 6.45) is 0. The van der Waals surface area contributed by atoms with Crippen molar-refractivity contribution >= 4 is 16.7 Å². The molecule has 0 fully saturated rings. The van der Waals surface area contributed by atoms with E-state index in [4.69, 9.17) is 0 Å². The van der Waals surface area contributed by atoms with Crippen LogP contribution in [-0.2, 0) is 0 Å². The molecule has 4 heterocycles. The van der Waals surface area contributed by atoms with Crippen molar-refractivity contribution in [1.82, 2.24) is 15.0 Å². The van der Waals surface area contributed by atoms with Crippen molar-refractivity contribution in [2.45, 2.75) is 0 Å². The monoisotopic (exact) mass is 648 g/mol. The van der Waals surface area contributed by atoms with Gasteiger partial charge in [0, 0.05) is 36.4 Å². The van der Waals surface area contributed by atoms with Crippen LogP contribution in [0.5, 0.6) is 0 Å². The van der Waals surface area contributed by atoms with Gasteiger partial charge in [-0.1, -0.05) is 0 Å². The minimum atomic E-state index is -1.09. The van der Waals surface area contributed by atoms with Crippen molar-refractivity contribution in [2.75, 3.05) is 0 Å². The Morgan fingerprint density at radius 1 is 0.417 bits per heavy atom. The molecule has 3 aromatic carbocycles. The van der Waals surface area contributed by atoms with Gasteiger partial charge in [0.25, 0.3) is 0 Å². The van der Waals surface area contributed by atoms with Crippen LogP contribution in [0.1, 0.15) is 17.5 Å². The fourth-order valence-electron chi connectivity index (χ4n) is 4.63. The van der Waals surface area contributed by atoms with Gasteiger partial charge >= 0.3 is 0 Å². The lowest BCUT2D eigenvalue weighted by Crippen LogP contribution is -2.25. The highest BCUT2D eigenvalue weighted by atomic mass is 19.2. The number of hydrogen-bond donors (Lipinski definition) is 0. The lowest BCUT2D eigenvalue weighted by atomic mass is 10.2. The number of halogens is 6. The van der Waals surface area contributed by atoms with Crippen LogP contribution >= 0.6 is 0 Å². The summed E-state index contributed by atoms with van der Waals surface area (Å²) in [6, 6.07) is 9.44. The lowest BCUT2D eigenvalue weighted by Gasteiger charge is -2.07. The summed E-state index contributed by atoms with van der Waals surface area (Å²) in [5.74, 6) is -9.52. The summed E-state index contributed by atoms with van der Waals surface area (Å²) in [4.78, 5) is 36.1. The second-order valence-electron chi connectivity index (χ2n) is 9.67. The Bertz CT molecular complexity index is 2520. The smallest absolute Gasteiger partial charge is 0.178 e. The minimum absolute atomic E-state index is 0.268. The molecule has 0 radical (unpaired) electrons. The van der Waals surface area contributed by atoms with Crippen LogP contribution in [0.2, 0.25) is 0 Å². The summed E-state index contributed by atoms with van der Waals surface area (Å²) in [5.41, 5.74) is -1.73. The molecule has 0 N–H and O–H groups in total. The molecule has 0 aliphatic carbocycles. The fourth-order valence-corrected chi connectivity index (χ4v) is 4.63. The lowest BCUT2D eigenvalue weighted by molar-refractivity contribution is 0.570. The van der Waals surface area contributed by atoms with Gasteiger partial charge in [-0.05, 0) is 0 Å². The highest BCUT2D eigenvalue weighted by molar-refractivity contribution is 5.82. The number of nitriles is 3. The van der Waals surface area contributed by atoms with Gasteiger partial charge in [-0.3, -0.25) is 0 Å². The van der Waals surface area contributed by atoms with E-state index in [-0.39, 0.29) is 16.1 Å². The van der Waals surface area contributed by atoms with Crippen molar-refractivity contribution < 1.29 is 26.3 Å². The topological polar surface area (TPSA) is 184 Å². The van der Waals surface area contributed by atoms with Gasteiger partial charge in [0.05, 0.1) is 16.1 Å². The molecular formula is C30H6F6N12. The van der Waals surface area contributed by atoms with Gasteiger partial charge in [0.15, 0.2) is 52.4 Å². The maximum absolute atomic E-state index is 14.4. The maximum Gasteiger partial charge on any atom is 0.178 e. The molecule has 0 unspecified atom stereocenters. The molecule has 3 aliphatic heterocycles. The molecule has 12 nitrogen and oxygen atoms in total. The van der Waals surface area contributed by atoms with Gasteiger partial charge in [-0.25, -0.2) is 71.2 Å². The summed E-state index contributed by atoms with van der Waals surface area (Å²) in [7, 11) is 0. The maximum atomic E-state index is 14.4. The first-order valence-electron chi connectivity index (χ1n) is 13.0. The average Bonchev–Trinajstić information content (AvgIpc) is 3.76. The minimum Gasteiger partial charge on any atom is -0.225 e. The van der Waals surface area contributed by atoms with Crippen LogP contribution in [-0.4, -0.2) is 15.0 Å². The second kappa shape index (κ2) is 11.0. The molecule has 7 rings (SSSR count). The van der Waals surface area contributed by atoms with Crippen LogP contribution in [0.4, 0.5) is 26.3 Å². The largest absolute Gasteiger partial charge is 0.225 e. The highest BCUT2D eigenvalue weighted by Gasteiger charge is 2.26. The van der Waals surface area contributed by atoms with E-state index in [0.29, 0.717) is 18.2 Å². The van der Waals surface area contributed by atoms with Gasteiger partial charge in [0.1, 0.15) is 68.5 Å². The Hall–Kier alpha value is -7.26. The molecular weight excluding hydrogens is 642 g/mol. The zero-order chi connectivity index (χ0) is 33.9. The highest BCUT2D eigenvalue weighted by Crippen LogP contribution is 2.26. The van der Waals surface area contributed by atoms with Gasteiger partial charge < -0.3 is 0 Å². The summed E-state index contributed by atoms with van der Waals surface area (Å²) in [6.45, 7) is 0. The molecule has 3 aliphatic rings. The quantitative estimate of drug-likeness (QED) is 0.237. The number of aromatic nitrogens is 3. The number of fused-ring (bicyclic) bond motifs is 3. The van der Waals surface area contributed by atoms with Crippen molar-refractivity contribution in [3.63, 3.8) is 0 Å². The molecule has 0 saturated heterocycles. The van der Waals surface area contributed by atoms with Crippen LogP contribution in [0, 0.1) is 68.9 Å². The summed E-state index contributed by atoms with van der Waals surface area (Å²) < 4.78 is 84.9. The molecule has 0 bridgehead atoms. The van der Waals surface area contributed by atoms with E-state index >= 15 is 0 Å². The number of benzene rings is 3. The van der Waals surface area contributed by atoms with Crippen LogP contribution in [0.15, 0.2) is 83.8 Å². The number of rotatable bonds is 3. The Labute approximate surface area is 260 Å². The average molecular weight is 648 g/mol. The third-order valence-electron chi connectivity index (χ3n) is 6.67. The SMILES string of the molecule is N#CC(=C1N=c2cc(F)cc(F)c2=N1)c1nc(C(C#N)=C2N=c3cc(F)cc(F)c3=N2)nc(C(C#N)=C2N=c3cc(F)cc(F)c3=N2)n1. The zero-order valence-electron chi connectivity index (χ0n) is 23.1. The molecule has 0 spiro atoms. The van der Waals surface area contributed by atoms with E-state index in [1.807, 2.05) is 0 Å². The number of nitrogens with zero attached hydrogens (tertiary/aromatic N) is 12. The van der Waals surface area contributed by atoms with E-state index in [0.717, 1.165) is 18.2 Å². The molecule has 4 aromatic rings. The molecule has 18 heteroatoms. The predicted octanol–water partition coefficient (Wildman–Crippen LogP) is 1.14. The zero-order valence-corrected chi connectivity index (χ0v) is 23.1. The first kappa shape index (κ1) is 29.5. The first-order chi connectivity index (χ1) is 23.1. The third-order valence-corrected chi connectivity index (χ3v) is 6.67. The Balaban J connectivity index is 1.52. The van der Waals surface area contributed by atoms with Crippen molar-refractivity contribution in [1.29, 1.82) is 15.8 Å².